The number of ether oxygens (including phenoxy) is 2. The number of sulfone groups is 1. The van der Waals surface area contributed by atoms with E-state index in [0.717, 1.165) is 18.4 Å². The lowest BCUT2D eigenvalue weighted by Crippen LogP contribution is -2.37. The first-order valence-corrected chi connectivity index (χ1v) is 15.9. The van der Waals surface area contributed by atoms with E-state index >= 15 is 0 Å². The number of rotatable bonds is 9. The van der Waals surface area contributed by atoms with Gasteiger partial charge in [-0.3, -0.25) is 0 Å². The van der Waals surface area contributed by atoms with E-state index in [1.807, 2.05) is 26.8 Å². The van der Waals surface area contributed by atoms with Gasteiger partial charge in [-0.2, -0.15) is 4.98 Å². The number of aryl methyl sites for hydroxylation is 1. The summed E-state index contributed by atoms with van der Waals surface area (Å²) >= 11 is 6.43. The van der Waals surface area contributed by atoms with Gasteiger partial charge in [-0.1, -0.05) is 23.7 Å². The Hall–Kier alpha value is -3.57. The van der Waals surface area contributed by atoms with Crippen LogP contribution in [0.25, 0.3) is 0 Å². The molecule has 0 unspecified atom stereocenters. The minimum atomic E-state index is -3.55. The Morgan fingerprint density at radius 1 is 1.07 bits per heavy atom. The average molecular weight is 616 g/mol. The normalized spacial score (nSPS) is 14.3. The number of carbonyl (C=O) groups is 1. The van der Waals surface area contributed by atoms with Crippen LogP contribution in [0.1, 0.15) is 57.6 Å². The molecule has 0 spiro atoms. The molecule has 1 saturated heterocycles. The standard InChI is InChI=1S/C30H38ClN5O5S/c1-18(2)41-26-16-22(21-11-13-36(14-12-21)30(37)40-6)20(5)15-25(26)34-29-32-17-23(31)28(35-29)33-24-9-7-8-10-27(24)42(38,39)19(3)4/h7-10,15-19,21H,11-14H2,1-6H3,(H2,32,33,34,35). The maximum Gasteiger partial charge on any atom is 0.409 e. The highest BCUT2D eigenvalue weighted by Gasteiger charge is 2.27. The number of halogens is 1. The molecule has 0 radical (unpaired) electrons. The number of likely N-dealkylation sites (tertiary alicyclic amines) is 1. The van der Waals surface area contributed by atoms with Crippen LogP contribution < -0.4 is 15.4 Å². The highest BCUT2D eigenvalue weighted by atomic mass is 35.5. The molecule has 1 aliphatic heterocycles. The van der Waals surface area contributed by atoms with Gasteiger partial charge in [0.15, 0.2) is 15.7 Å². The van der Waals surface area contributed by atoms with Crippen molar-refractivity contribution in [2.45, 2.75) is 69.6 Å². The highest BCUT2D eigenvalue weighted by Crippen LogP contribution is 2.38. The van der Waals surface area contributed by atoms with Crippen molar-refractivity contribution in [1.82, 2.24) is 14.9 Å². The number of benzene rings is 2. The highest BCUT2D eigenvalue weighted by molar-refractivity contribution is 7.92. The van der Waals surface area contributed by atoms with E-state index in [1.165, 1.54) is 18.9 Å². The molecule has 42 heavy (non-hydrogen) atoms. The minimum absolute atomic E-state index is 0.0787. The van der Waals surface area contributed by atoms with E-state index in [1.54, 1.807) is 43.0 Å². The Balaban J connectivity index is 1.62. The molecular weight excluding hydrogens is 578 g/mol. The summed E-state index contributed by atoms with van der Waals surface area (Å²) in [4.78, 5) is 22.7. The number of nitrogens with one attached hydrogen (secondary N) is 2. The van der Waals surface area contributed by atoms with Gasteiger partial charge in [0.2, 0.25) is 5.95 Å². The zero-order chi connectivity index (χ0) is 30.6. The Morgan fingerprint density at radius 3 is 2.40 bits per heavy atom. The number of anilines is 4. The molecule has 4 rings (SSSR count). The summed E-state index contributed by atoms with van der Waals surface area (Å²) in [5.74, 6) is 1.46. The second-order valence-corrected chi connectivity index (χ2v) is 13.7. The smallest absolute Gasteiger partial charge is 0.409 e. The van der Waals surface area contributed by atoms with E-state index in [2.05, 4.69) is 26.7 Å². The van der Waals surface area contributed by atoms with Crippen molar-refractivity contribution in [2.24, 2.45) is 0 Å². The zero-order valence-electron chi connectivity index (χ0n) is 24.8. The van der Waals surface area contributed by atoms with Gasteiger partial charge in [0, 0.05) is 13.1 Å². The molecule has 2 N–H and O–H groups in total. The van der Waals surface area contributed by atoms with Gasteiger partial charge in [0.25, 0.3) is 0 Å². The Bertz CT molecular complexity index is 1540. The van der Waals surface area contributed by atoms with Gasteiger partial charge >= 0.3 is 6.09 Å². The predicted molar refractivity (Wildman–Crippen MR) is 165 cm³/mol. The third kappa shape index (κ3) is 7.07. The van der Waals surface area contributed by atoms with Crippen LogP contribution in [-0.2, 0) is 14.6 Å². The van der Waals surface area contributed by atoms with Crippen LogP contribution in [0.5, 0.6) is 5.75 Å². The second kappa shape index (κ2) is 13.2. The monoisotopic (exact) mass is 615 g/mol. The maximum absolute atomic E-state index is 12.9. The van der Waals surface area contributed by atoms with Crippen LogP contribution in [0.2, 0.25) is 5.02 Å². The number of nitrogens with zero attached hydrogens (tertiary/aromatic N) is 3. The number of para-hydroxylation sites is 1. The topological polar surface area (TPSA) is 123 Å². The molecule has 0 bridgehead atoms. The van der Waals surface area contributed by atoms with Crippen LogP contribution in [0, 0.1) is 6.92 Å². The van der Waals surface area contributed by atoms with Crippen LogP contribution in [0.4, 0.5) is 27.9 Å². The molecular formula is C30H38ClN5O5S. The molecule has 2 aromatic carbocycles. The summed E-state index contributed by atoms with van der Waals surface area (Å²) in [5, 5.41) is 5.99. The van der Waals surface area contributed by atoms with Crippen molar-refractivity contribution < 1.29 is 22.7 Å². The van der Waals surface area contributed by atoms with Crippen molar-refractivity contribution in [3.8, 4) is 5.75 Å². The molecule has 0 aliphatic carbocycles. The molecule has 1 aromatic heterocycles. The molecule has 10 nitrogen and oxygen atoms in total. The number of aromatic nitrogens is 2. The summed E-state index contributed by atoms with van der Waals surface area (Å²) < 4.78 is 37.0. The maximum atomic E-state index is 12.9. The van der Waals surface area contributed by atoms with Gasteiger partial charge in [-0.25, -0.2) is 18.2 Å². The molecule has 3 aromatic rings. The summed E-state index contributed by atoms with van der Waals surface area (Å²) in [7, 11) is -2.15. The Kier molecular flexibility index (Phi) is 9.83. The van der Waals surface area contributed by atoms with Crippen molar-refractivity contribution in [2.75, 3.05) is 30.8 Å². The van der Waals surface area contributed by atoms with E-state index < -0.39 is 15.1 Å². The summed E-state index contributed by atoms with van der Waals surface area (Å²) in [6.07, 6.45) is 2.73. The molecule has 226 valence electrons. The Morgan fingerprint density at radius 2 is 1.76 bits per heavy atom. The lowest BCUT2D eigenvalue weighted by atomic mass is 9.86. The number of carbonyl (C=O) groups excluding carboxylic acids is 1. The van der Waals surface area contributed by atoms with Crippen molar-refractivity contribution in [3.05, 3.63) is 58.7 Å². The second-order valence-electron chi connectivity index (χ2n) is 10.8. The van der Waals surface area contributed by atoms with E-state index in [9.17, 15) is 13.2 Å². The van der Waals surface area contributed by atoms with Crippen LogP contribution >= 0.6 is 11.6 Å². The van der Waals surface area contributed by atoms with Crippen LogP contribution in [-0.4, -0.2) is 60.9 Å². The van der Waals surface area contributed by atoms with Gasteiger partial charge in [0.1, 0.15) is 10.8 Å². The van der Waals surface area contributed by atoms with E-state index in [4.69, 9.17) is 21.1 Å². The van der Waals surface area contributed by atoms with Crippen molar-refractivity contribution in [3.63, 3.8) is 0 Å². The first-order chi connectivity index (χ1) is 19.9. The number of hydrogen-bond donors (Lipinski definition) is 2. The summed E-state index contributed by atoms with van der Waals surface area (Å²) in [6, 6.07) is 10.7. The molecule has 2 heterocycles. The minimum Gasteiger partial charge on any atom is -0.489 e. The van der Waals surface area contributed by atoms with Gasteiger partial charge in [-0.15, -0.1) is 0 Å². The quantitative estimate of drug-likeness (QED) is 0.266. The molecule has 12 heteroatoms. The third-order valence-corrected chi connectivity index (χ3v) is 9.64. The molecule has 1 fully saturated rings. The number of piperidine rings is 1. The first-order valence-electron chi connectivity index (χ1n) is 13.9. The largest absolute Gasteiger partial charge is 0.489 e. The fourth-order valence-electron chi connectivity index (χ4n) is 4.93. The van der Waals surface area contributed by atoms with Gasteiger partial charge < -0.3 is 25.0 Å². The summed E-state index contributed by atoms with van der Waals surface area (Å²) in [6.45, 7) is 10.5. The van der Waals surface area contributed by atoms with Crippen LogP contribution in [0.15, 0.2) is 47.5 Å². The zero-order valence-corrected chi connectivity index (χ0v) is 26.3. The first kappa shape index (κ1) is 31.4. The SMILES string of the molecule is COC(=O)N1CCC(c2cc(OC(C)C)c(Nc3ncc(Cl)c(Nc4ccccc4S(=O)(=O)C(C)C)n3)cc2C)CC1. The number of methoxy groups -OCH3 is 1. The van der Waals surface area contributed by atoms with Crippen LogP contribution in [0.3, 0.4) is 0 Å². The third-order valence-electron chi connectivity index (χ3n) is 7.16. The van der Waals surface area contributed by atoms with E-state index in [0.29, 0.717) is 30.2 Å². The molecule has 0 atom stereocenters. The fourth-order valence-corrected chi connectivity index (χ4v) is 6.27. The van der Waals surface area contributed by atoms with Gasteiger partial charge in [0.05, 0.1) is 40.9 Å². The van der Waals surface area contributed by atoms with Gasteiger partial charge in [-0.05, 0) is 88.8 Å². The predicted octanol–water partition coefficient (Wildman–Crippen LogP) is 6.84. The Labute approximate surface area is 252 Å². The van der Waals surface area contributed by atoms with E-state index in [-0.39, 0.29) is 39.8 Å². The lowest BCUT2D eigenvalue weighted by Gasteiger charge is -2.32. The lowest BCUT2D eigenvalue weighted by molar-refractivity contribution is 0.112. The number of hydrogen-bond acceptors (Lipinski definition) is 9. The molecule has 0 saturated carbocycles. The molecule has 1 aliphatic rings. The van der Waals surface area contributed by atoms with Crippen molar-refractivity contribution >= 4 is 50.7 Å². The summed E-state index contributed by atoms with van der Waals surface area (Å²) in [5.41, 5.74) is 3.31. The number of amides is 1. The van der Waals surface area contributed by atoms with Crippen molar-refractivity contribution in [1.29, 1.82) is 0 Å². The fraction of sp³-hybridized carbons (Fsp3) is 0.433. The average Bonchev–Trinajstić information content (AvgIpc) is 2.95. The molecule has 1 amide bonds.